The van der Waals surface area contributed by atoms with Gasteiger partial charge in [-0.2, -0.15) is 5.10 Å². The fraction of sp³-hybridized carbons (Fsp3) is 0.357. The zero-order valence-electron chi connectivity index (χ0n) is 10.9. The lowest BCUT2D eigenvalue weighted by molar-refractivity contribution is 0.314. The van der Waals surface area contributed by atoms with Crippen molar-refractivity contribution in [3.05, 3.63) is 47.8 Å². The molecule has 0 aliphatic carbocycles. The van der Waals surface area contributed by atoms with E-state index in [1.54, 1.807) is 0 Å². The Morgan fingerprint density at radius 3 is 2.83 bits per heavy atom. The van der Waals surface area contributed by atoms with Crippen LogP contribution < -0.4 is 10.1 Å². The van der Waals surface area contributed by atoms with E-state index in [1.807, 2.05) is 49.2 Å². The number of hydrogen-bond donors (Lipinski definition) is 1. The first kappa shape index (κ1) is 12.6. The topological polar surface area (TPSA) is 39.1 Å². The summed E-state index contributed by atoms with van der Waals surface area (Å²) >= 11 is 0. The fourth-order valence-corrected chi connectivity index (χ4v) is 1.89. The molecule has 1 aromatic heterocycles. The zero-order chi connectivity index (χ0) is 12.8. The molecule has 4 heteroatoms. The maximum absolute atomic E-state index is 5.84. The Hall–Kier alpha value is -1.81. The molecule has 2 aromatic rings. The van der Waals surface area contributed by atoms with E-state index in [-0.39, 0.29) is 0 Å². The van der Waals surface area contributed by atoms with Crippen molar-refractivity contribution in [2.75, 3.05) is 13.7 Å². The van der Waals surface area contributed by atoms with Gasteiger partial charge in [-0.15, -0.1) is 0 Å². The number of benzene rings is 1. The lowest BCUT2D eigenvalue weighted by Gasteiger charge is -2.11. The monoisotopic (exact) mass is 245 g/mol. The molecule has 18 heavy (non-hydrogen) atoms. The van der Waals surface area contributed by atoms with Crippen LogP contribution in [0, 0.1) is 0 Å². The number of aryl methyl sites for hydroxylation is 1. The molecular weight excluding hydrogens is 226 g/mol. The third-order valence-corrected chi connectivity index (χ3v) is 2.88. The van der Waals surface area contributed by atoms with Gasteiger partial charge in [0.05, 0.1) is 6.61 Å². The minimum Gasteiger partial charge on any atom is -0.493 e. The van der Waals surface area contributed by atoms with E-state index in [0.29, 0.717) is 6.61 Å². The second-order valence-electron chi connectivity index (χ2n) is 4.18. The highest BCUT2D eigenvalue weighted by Crippen LogP contribution is 2.17. The van der Waals surface area contributed by atoms with Gasteiger partial charge < -0.3 is 10.1 Å². The minimum absolute atomic E-state index is 0.667. The molecule has 0 bridgehead atoms. The van der Waals surface area contributed by atoms with E-state index in [9.17, 15) is 0 Å². The molecule has 2 rings (SSSR count). The summed E-state index contributed by atoms with van der Waals surface area (Å²) in [6, 6.07) is 10.1. The highest BCUT2D eigenvalue weighted by atomic mass is 16.5. The summed E-state index contributed by atoms with van der Waals surface area (Å²) in [4.78, 5) is 0. The van der Waals surface area contributed by atoms with Gasteiger partial charge in [0.15, 0.2) is 0 Å². The number of aromatic nitrogens is 2. The van der Waals surface area contributed by atoms with Crippen LogP contribution in [0.15, 0.2) is 36.5 Å². The van der Waals surface area contributed by atoms with Crippen molar-refractivity contribution in [2.24, 2.45) is 7.05 Å². The van der Waals surface area contributed by atoms with Crippen molar-refractivity contribution in [3.8, 4) is 5.75 Å². The average Bonchev–Trinajstić information content (AvgIpc) is 2.78. The van der Waals surface area contributed by atoms with Gasteiger partial charge >= 0.3 is 0 Å². The van der Waals surface area contributed by atoms with Gasteiger partial charge in [0.25, 0.3) is 0 Å². The van der Waals surface area contributed by atoms with Gasteiger partial charge in [0.1, 0.15) is 5.75 Å². The molecular formula is C14H19N3O. The van der Waals surface area contributed by atoms with Gasteiger partial charge in [-0.1, -0.05) is 18.2 Å². The van der Waals surface area contributed by atoms with E-state index in [2.05, 4.69) is 16.5 Å². The smallest absolute Gasteiger partial charge is 0.123 e. The predicted octanol–water partition coefficient (Wildman–Crippen LogP) is 1.76. The molecule has 96 valence electrons. The Morgan fingerprint density at radius 1 is 1.28 bits per heavy atom. The number of ether oxygens (including phenoxy) is 1. The van der Waals surface area contributed by atoms with Crippen molar-refractivity contribution in [1.29, 1.82) is 0 Å². The van der Waals surface area contributed by atoms with Crippen LogP contribution in [0.25, 0.3) is 0 Å². The molecule has 0 radical (unpaired) electrons. The highest BCUT2D eigenvalue weighted by molar-refractivity contribution is 5.33. The van der Waals surface area contributed by atoms with Gasteiger partial charge in [-0.3, -0.25) is 4.68 Å². The molecule has 0 amide bonds. The van der Waals surface area contributed by atoms with E-state index in [4.69, 9.17) is 4.74 Å². The molecule has 0 fully saturated rings. The van der Waals surface area contributed by atoms with Crippen molar-refractivity contribution in [1.82, 2.24) is 15.1 Å². The summed E-state index contributed by atoms with van der Waals surface area (Å²) in [5.41, 5.74) is 2.37. The van der Waals surface area contributed by atoms with Crippen LogP contribution in [0.3, 0.4) is 0 Å². The summed E-state index contributed by atoms with van der Waals surface area (Å²) in [6.07, 6.45) is 2.68. The van der Waals surface area contributed by atoms with Crippen LogP contribution in [0.4, 0.5) is 0 Å². The molecule has 0 aliphatic heterocycles. The van der Waals surface area contributed by atoms with Crippen LogP contribution in [-0.4, -0.2) is 23.4 Å². The first-order valence-electron chi connectivity index (χ1n) is 6.13. The summed E-state index contributed by atoms with van der Waals surface area (Å²) in [7, 11) is 3.89. The fourth-order valence-electron chi connectivity index (χ4n) is 1.89. The number of para-hydroxylation sites is 1. The largest absolute Gasteiger partial charge is 0.493 e. The Balaban J connectivity index is 1.92. The first-order chi connectivity index (χ1) is 8.81. The normalized spacial score (nSPS) is 10.6. The molecule has 1 aromatic carbocycles. The molecule has 0 saturated heterocycles. The van der Waals surface area contributed by atoms with Gasteiger partial charge in [-0.05, 0) is 19.2 Å². The van der Waals surface area contributed by atoms with Crippen molar-refractivity contribution in [2.45, 2.75) is 13.0 Å². The van der Waals surface area contributed by atoms with Gasteiger partial charge in [-0.25, -0.2) is 0 Å². The second kappa shape index (κ2) is 6.21. The standard InChI is InChI=1S/C14H19N3O/c1-15-11-12-5-3-4-6-14(12)18-10-8-13-7-9-16-17(13)2/h3-7,9,15H,8,10-11H2,1-2H3. The third-order valence-electron chi connectivity index (χ3n) is 2.88. The maximum Gasteiger partial charge on any atom is 0.123 e. The Kier molecular flexibility index (Phi) is 4.36. The molecule has 1 N–H and O–H groups in total. The van der Waals surface area contributed by atoms with Gasteiger partial charge in [0.2, 0.25) is 0 Å². The summed E-state index contributed by atoms with van der Waals surface area (Å²) in [5.74, 6) is 0.953. The lowest BCUT2D eigenvalue weighted by atomic mass is 10.2. The van der Waals surface area contributed by atoms with E-state index >= 15 is 0 Å². The molecule has 0 saturated carbocycles. The quantitative estimate of drug-likeness (QED) is 0.843. The van der Waals surface area contributed by atoms with Crippen molar-refractivity contribution in [3.63, 3.8) is 0 Å². The summed E-state index contributed by atoms with van der Waals surface area (Å²) in [6.45, 7) is 1.49. The maximum atomic E-state index is 5.84. The lowest BCUT2D eigenvalue weighted by Crippen LogP contribution is -2.10. The van der Waals surface area contributed by atoms with Crippen molar-refractivity contribution >= 4 is 0 Å². The average molecular weight is 245 g/mol. The second-order valence-corrected chi connectivity index (χ2v) is 4.18. The van der Waals surface area contributed by atoms with Crippen LogP contribution in [0.2, 0.25) is 0 Å². The molecule has 0 spiro atoms. The van der Waals surface area contributed by atoms with Gasteiger partial charge in [0, 0.05) is 37.5 Å². The molecule has 1 heterocycles. The van der Waals surface area contributed by atoms with E-state index in [0.717, 1.165) is 18.7 Å². The third kappa shape index (κ3) is 3.11. The molecule has 4 nitrogen and oxygen atoms in total. The molecule has 0 atom stereocenters. The number of hydrogen-bond acceptors (Lipinski definition) is 3. The molecule has 0 unspecified atom stereocenters. The van der Waals surface area contributed by atoms with Crippen LogP contribution >= 0.6 is 0 Å². The Morgan fingerprint density at radius 2 is 2.11 bits per heavy atom. The SMILES string of the molecule is CNCc1ccccc1OCCc1ccnn1C. The van der Waals surface area contributed by atoms with E-state index < -0.39 is 0 Å². The number of nitrogens with zero attached hydrogens (tertiary/aromatic N) is 2. The Bertz CT molecular complexity index is 493. The van der Waals surface area contributed by atoms with Crippen LogP contribution in [0.1, 0.15) is 11.3 Å². The van der Waals surface area contributed by atoms with Crippen LogP contribution in [0.5, 0.6) is 5.75 Å². The highest BCUT2D eigenvalue weighted by Gasteiger charge is 2.03. The summed E-state index contributed by atoms with van der Waals surface area (Å²) < 4.78 is 7.71. The first-order valence-corrected chi connectivity index (χ1v) is 6.13. The molecule has 0 aliphatic rings. The van der Waals surface area contributed by atoms with Crippen molar-refractivity contribution < 1.29 is 4.74 Å². The van der Waals surface area contributed by atoms with E-state index in [1.165, 1.54) is 11.3 Å². The zero-order valence-corrected chi connectivity index (χ0v) is 10.9. The number of rotatable bonds is 6. The minimum atomic E-state index is 0.667. The Labute approximate surface area is 108 Å². The number of nitrogens with one attached hydrogen (secondary N) is 1. The van der Waals surface area contributed by atoms with Crippen LogP contribution in [-0.2, 0) is 20.0 Å². The predicted molar refractivity (Wildman–Crippen MR) is 71.6 cm³/mol. The summed E-state index contributed by atoms with van der Waals surface area (Å²) in [5, 5.41) is 7.28.